The highest BCUT2D eigenvalue weighted by Crippen LogP contribution is 2.26. The molecule has 0 aliphatic carbocycles. The van der Waals surface area contributed by atoms with Crippen molar-refractivity contribution in [3.63, 3.8) is 0 Å². The second-order valence-corrected chi connectivity index (χ2v) is 7.23. The molecule has 0 atom stereocenters. The first kappa shape index (κ1) is 13.2. The third-order valence-electron chi connectivity index (χ3n) is 1.87. The van der Waals surface area contributed by atoms with Gasteiger partial charge in [0, 0.05) is 8.95 Å². The number of halogens is 3. The predicted molar refractivity (Wildman–Crippen MR) is 79.6 cm³/mol. The molecule has 2 rings (SSSR count). The van der Waals surface area contributed by atoms with Crippen LogP contribution in [0.25, 0.3) is 0 Å². The van der Waals surface area contributed by atoms with Crippen LogP contribution in [0.15, 0.2) is 37.1 Å². The molecule has 0 unspecified atom stereocenters. The summed E-state index contributed by atoms with van der Waals surface area (Å²) in [6.07, 6.45) is 1.65. The van der Waals surface area contributed by atoms with Crippen molar-refractivity contribution in [3.8, 4) is 0 Å². The van der Waals surface area contributed by atoms with E-state index < -0.39 is 0 Å². The molecule has 2 aromatic rings. The minimum atomic E-state index is -0.194. The Morgan fingerprint density at radius 3 is 2.71 bits per heavy atom. The van der Waals surface area contributed by atoms with Gasteiger partial charge >= 0.3 is 0 Å². The van der Waals surface area contributed by atoms with E-state index in [9.17, 15) is 4.79 Å². The lowest BCUT2D eigenvalue weighted by molar-refractivity contribution is 0.102. The second kappa shape index (κ2) is 5.60. The van der Waals surface area contributed by atoms with Gasteiger partial charge in [0.1, 0.15) is 0 Å². The van der Waals surface area contributed by atoms with Crippen LogP contribution in [0.2, 0.25) is 0 Å². The van der Waals surface area contributed by atoms with Crippen molar-refractivity contribution < 1.29 is 4.79 Å². The van der Waals surface area contributed by atoms with Crippen molar-refractivity contribution >= 4 is 70.2 Å². The van der Waals surface area contributed by atoms with Gasteiger partial charge in [0.05, 0.1) is 15.5 Å². The summed E-state index contributed by atoms with van der Waals surface area (Å²) < 4.78 is 2.47. The lowest BCUT2D eigenvalue weighted by Gasteiger charge is -2.04. The molecule has 0 aliphatic rings. The number of nitrogens with one attached hydrogen (secondary N) is 1. The number of hydrogen-bond donors (Lipinski definition) is 1. The van der Waals surface area contributed by atoms with E-state index in [2.05, 4.69) is 58.1 Å². The van der Waals surface area contributed by atoms with Crippen molar-refractivity contribution in [3.05, 3.63) is 42.7 Å². The number of aromatic nitrogens is 1. The number of amides is 1. The molecule has 17 heavy (non-hydrogen) atoms. The summed E-state index contributed by atoms with van der Waals surface area (Å²) in [5.41, 5.74) is 0.561. The molecule has 0 aliphatic heterocycles. The molecule has 1 aromatic carbocycles. The van der Waals surface area contributed by atoms with Crippen LogP contribution in [-0.2, 0) is 0 Å². The summed E-state index contributed by atoms with van der Waals surface area (Å²) >= 11 is 11.3. The normalized spacial score (nSPS) is 10.3. The highest BCUT2D eigenvalue weighted by atomic mass is 79.9. The fourth-order valence-electron chi connectivity index (χ4n) is 1.15. The Labute approximate surface area is 127 Å². The summed E-state index contributed by atoms with van der Waals surface area (Å²) in [7, 11) is 0. The monoisotopic (exact) mass is 438 g/mol. The van der Waals surface area contributed by atoms with Gasteiger partial charge in [0.2, 0.25) is 0 Å². The number of carbonyl (C=O) groups excluding carboxylic acids is 1. The maximum Gasteiger partial charge on any atom is 0.258 e. The molecule has 0 radical (unpaired) electrons. The minimum Gasteiger partial charge on any atom is -0.298 e. The Bertz CT molecular complexity index is 570. The highest BCUT2D eigenvalue weighted by Gasteiger charge is 2.12. The van der Waals surface area contributed by atoms with Gasteiger partial charge in [0.25, 0.3) is 5.91 Å². The molecule has 1 heterocycles. The molecule has 3 nitrogen and oxygen atoms in total. The van der Waals surface area contributed by atoms with Gasteiger partial charge in [-0.2, -0.15) is 0 Å². The molecule has 0 saturated heterocycles. The smallest absolute Gasteiger partial charge is 0.258 e. The van der Waals surface area contributed by atoms with Crippen LogP contribution < -0.4 is 5.32 Å². The Morgan fingerprint density at radius 2 is 2.06 bits per heavy atom. The molecule has 88 valence electrons. The predicted octanol–water partition coefficient (Wildman–Crippen LogP) is 4.68. The number of nitrogens with zero attached hydrogens (tertiary/aromatic N) is 1. The van der Waals surface area contributed by atoms with Crippen molar-refractivity contribution in [1.82, 2.24) is 4.98 Å². The molecule has 0 bridgehead atoms. The van der Waals surface area contributed by atoms with Crippen LogP contribution >= 0.6 is 59.1 Å². The van der Waals surface area contributed by atoms with Crippen LogP contribution in [-0.4, -0.2) is 10.9 Å². The van der Waals surface area contributed by atoms with Crippen LogP contribution in [0.4, 0.5) is 5.13 Å². The van der Waals surface area contributed by atoms with Gasteiger partial charge in [-0.1, -0.05) is 27.3 Å². The van der Waals surface area contributed by atoms with E-state index >= 15 is 0 Å². The van der Waals surface area contributed by atoms with Crippen LogP contribution in [0.5, 0.6) is 0 Å². The highest BCUT2D eigenvalue weighted by molar-refractivity contribution is 9.11. The van der Waals surface area contributed by atoms with E-state index in [4.69, 9.17) is 0 Å². The molecule has 1 N–H and O–H groups in total. The quantitative estimate of drug-likeness (QED) is 0.736. The number of thiazole rings is 1. The molecule has 7 heteroatoms. The Hall–Kier alpha value is -0.240. The van der Waals surface area contributed by atoms with E-state index in [1.54, 1.807) is 12.3 Å². The fraction of sp³-hybridized carbons (Fsp3) is 0. The maximum atomic E-state index is 12.0. The second-order valence-electron chi connectivity index (χ2n) is 3.05. The zero-order valence-corrected chi connectivity index (χ0v) is 13.8. The van der Waals surface area contributed by atoms with Crippen molar-refractivity contribution in [1.29, 1.82) is 0 Å². The summed E-state index contributed by atoms with van der Waals surface area (Å²) in [6.45, 7) is 0. The van der Waals surface area contributed by atoms with Gasteiger partial charge in [-0.05, 0) is 50.1 Å². The van der Waals surface area contributed by atoms with Gasteiger partial charge < -0.3 is 0 Å². The Morgan fingerprint density at radius 1 is 1.29 bits per heavy atom. The van der Waals surface area contributed by atoms with Crippen LogP contribution in [0, 0.1) is 0 Å². The zero-order chi connectivity index (χ0) is 12.4. The lowest BCUT2D eigenvalue weighted by atomic mass is 10.2. The standard InChI is InChI=1S/C10H5Br3N2OS/c11-5-1-2-7(12)6(3-5)9(16)15-10-14-4-8(13)17-10/h1-4H,(H,14,15,16). The van der Waals surface area contributed by atoms with Crippen LogP contribution in [0.1, 0.15) is 10.4 Å². The van der Waals surface area contributed by atoms with Gasteiger partial charge in [-0.15, -0.1) is 0 Å². The Kier molecular flexibility index (Phi) is 4.35. The topological polar surface area (TPSA) is 42.0 Å². The van der Waals surface area contributed by atoms with Crippen LogP contribution in [0.3, 0.4) is 0 Å². The van der Waals surface area contributed by atoms with Crippen molar-refractivity contribution in [2.45, 2.75) is 0 Å². The third-order valence-corrected chi connectivity index (χ3v) is 4.45. The lowest BCUT2D eigenvalue weighted by Crippen LogP contribution is -2.12. The van der Waals surface area contributed by atoms with E-state index in [-0.39, 0.29) is 5.91 Å². The first-order valence-electron chi connectivity index (χ1n) is 4.44. The van der Waals surface area contributed by atoms with Gasteiger partial charge in [0.15, 0.2) is 5.13 Å². The first-order valence-corrected chi connectivity index (χ1v) is 7.63. The van der Waals surface area contributed by atoms with Gasteiger partial charge in [-0.3, -0.25) is 10.1 Å². The SMILES string of the molecule is O=C(Nc1ncc(Br)s1)c1cc(Br)ccc1Br. The molecule has 1 aromatic heterocycles. The molecule has 1 amide bonds. The minimum absolute atomic E-state index is 0.194. The van der Waals surface area contributed by atoms with Crippen molar-refractivity contribution in [2.75, 3.05) is 5.32 Å². The summed E-state index contributed by atoms with van der Waals surface area (Å²) in [5, 5.41) is 3.30. The van der Waals surface area contributed by atoms with E-state index in [1.165, 1.54) is 11.3 Å². The first-order chi connectivity index (χ1) is 8.06. The van der Waals surface area contributed by atoms with Crippen molar-refractivity contribution in [2.24, 2.45) is 0 Å². The number of hydrogen-bond acceptors (Lipinski definition) is 3. The zero-order valence-electron chi connectivity index (χ0n) is 8.21. The average molecular weight is 441 g/mol. The van der Waals surface area contributed by atoms with E-state index in [1.807, 2.05) is 12.1 Å². The molecule has 0 fully saturated rings. The Balaban J connectivity index is 2.22. The number of carbonyl (C=O) groups is 1. The molecule has 0 spiro atoms. The summed E-state index contributed by atoms with van der Waals surface area (Å²) in [5.74, 6) is -0.194. The fourth-order valence-corrected chi connectivity index (χ4v) is 3.04. The average Bonchev–Trinajstić information content (AvgIpc) is 2.67. The maximum absolute atomic E-state index is 12.0. The molecular weight excluding hydrogens is 436 g/mol. The number of benzene rings is 1. The number of rotatable bonds is 2. The van der Waals surface area contributed by atoms with E-state index in [0.29, 0.717) is 10.7 Å². The summed E-state index contributed by atoms with van der Waals surface area (Å²) in [4.78, 5) is 16.0. The third kappa shape index (κ3) is 3.37. The molecule has 0 saturated carbocycles. The largest absolute Gasteiger partial charge is 0.298 e. The van der Waals surface area contributed by atoms with Gasteiger partial charge in [-0.25, -0.2) is 4.98 Å². The van der Waals surface area contributed by atoms with E-state index in [0.717, 1.165) is 12.7 Å². The molecular formula is C10H5Br3N2OS. The summed E-state index contributed by atoms with van der Waals surface area (Å²) in [6, 6.07) is 5.43. The number of anilines is 1.